The van der Waals surface area contributed by atoms with Crippen LogP contribution in [-0.2, 0) is 9.53 Å². The molecule has 0 saturated carbocycles. The molecule has 2 aliphatic heterocycles. The van der Waals surface area contributed by atoms with Crippen molar-refractivity contribution in [3.8, 4) is 28.7 Å². The van der Waals surface area contributed by atoms with E-state index in [1.54, 1.807) is 21.3 Å². The monoisotopic (exact) mass is 441 g/mol. The van der Waals surface area contributed by atoms with E-state index in [1.165, 1.54) is 0 Å². The molecule has 2 N–H and O–H groups in total. The lowest BCUT2D eigenvalue weighted by Gasteiger charge is -2.39. The molecule has 1 saturated heterocycles. The van der Waals surface area contributed by atoms with Gasteiger partial charge in [-0.2, -0.15) is 10.8 Å². The van der Waals surface area contributed by atoms with Crippen LogP contribution in [0.3, 0.4) is 0 Å². The number of carbonyl (C=O) groups is 1. The van der Waals surface area contributed by atoms with Crippen LogP contribution in [-0.4, -0.2) is 40.7 Å². The van der Waals surface area contributed by atoms with E-state index in [1.807, 2.05) is 29.5 Å². The summed E-state index contributed by atoms with van der Waals surface area (Å²) in [7, 11) is 4.64. The predicted molar refractivity (Wildman–Crippen MR) is 109 cm³/mol. The summed E-state index contributed by atoms with van der Waals surface area (Å²) in [6, 6.07) is 7.08. The molecule has 1 fully saturated rings. The lowest BCUT2D eigenvalue weighted by molar-refractivity contribution is -0.559. The van der Waals surface area contributed by atoms with Gasteiger partial charge in [-0.05, 0) is 41.0 Å². The van der Waals surface area contributed by atoms with E-state index in [0.29, 0.717) is 28.7 Å². The number of hydrogen-bond acceptors (Lipinski definition) is 7. The molecule has 2 aromatic carbocycles. The smallest absolute Gasteiger partial charge is 0.310 e. The molecule has 0 amide bonds. The van der Waals surface area contributed by atoms with Crippen molar-refractivity contribution in [3.05, 3.63) is 46.5 Å². The Morgan fingerprint density at radius 3 is 2.22 bits per heavy atom. The molecule has 0 radical (unpaired) electrons. The van der Waals surface area contributed by atoms with Gasteiger partial charge in [0.05, 0.1) is 33.9 Å². The molecule has 5 rings (SSSR count). The number of hydrazine groups is 1. The van der Waals surface area contributed by atoms with Gasteiger partial charge in [0.1, 0.15) is 0 Å². The van der Waals surface area contributed by atoms with Crippen LogP contribution in [0.2, 0.25) is 0 Å². The molecule has 168 valence electrons. The van der Waals surface area contributed by atoms with Gasteiger partial charge in [-0.25, -0.2) is 0 Å². The van der Waals surface area contributed by atoms with Crippen molar-refractivity contribution >= 4 is 5.97 Å². The molecule has 4 atom stereocenters. The van der Waals surface area contributed by atoms with Gasteiger partial charge in [0.25, 0.3) is 0 Å². The first-order chi connectivity index (χ1) is 15.6. The van der Waals surface area contributed by atoms with Crippen molar-refractivity contribution in [3.63, 3.8) is 0 Å². The van der Waals surface area contributed by atoms with Crippen LogP contribution in [0.25, 0.3) is 5.53 Å². The first kappa shape index (κ1) is 20.2. The van der Waals surface area contributed by atoms with E-state index in [9.17, 15) is 10.3 Å². The van der Waals surface area contributed by atoms with Gasteiger partial charge in [0, 0.05) is 17.9 Å². The number of methoxy groups -OCH3 is 3. The maximum Gasteiger partial charge on any atom is 0.310 e. The fraction of sp³-hybridized carbons (Fsp3) is 0.409. The zero-order chi connectivity index (χ0) is 22.4. The fourth-order valence-corrected chi connectivity index (χ4v) is 5.10. The van der Waals surface area contributed by atoms with Gasteiger partial charge in [0.2, 0.25) is 12.5 Å². The van der Waals surface area contributed by atoms with Crippen LogP contribution in [0.5, 0.6) is 28.7 Å². The molecule has 0 aromatic heterocycles. The van der Waals surface area contributed by atoms with Gasteiger partial charge in [-0.1, -0.05) is 0 Å². The third kappa shape index (κ3) is 2.89. The Labute approximate surface area is 184 Å². The first-order valence-electron chi connectivity index (χ1n) is 10.2. The maximum atomic E-state index is 12.9. The summed E-state index contributed by atoms with van der Waals surface area (Å²) >= 11 is 0. The summed E-state index contributed by atoms with van der Waals surface area (Å²) in [4.78, 5) is 12.9. The van der Waals surface area contributed by atoms with Crippen LogP contribution in [0.4, 0.5) is 0 Å². The number of ether oxygens (including phenoxy) is 6. The van der Waals surface area contributed by atoms with E-state index >= 15 is 0 Å². The Morgan fingerprint density at radius 2 is 1.62 bits per heavy atom. The van der Waals surface area contributed by atoms with Gasteiger partial charge in [0.15, 0.2) is 23.0 Å². The normalized spacial score (nSPS) is 24.8. The van der Waals surface area contributed by atoms with Crippen LogP contribution in [0.15, 0.2) is 24.3 Å². The van der Waals surface area contributed by atoms with E-state index < -0.39 is 5.92 Å². The summed E-state index contributed by atoms with van der Waals surface area (Å²) in [6.07, 6.45) is 0. The molecule has 2 heterocycles. The van der Waals surface area contributed by atoms with E-state index in [0.717, 1.165) is 16.7 Å². The second-order valence-electron chi connectivity index (χ2n) is 7.82. The predicted octanol–water partition coefficient (Wildman–Crippen LogP) is 1.02. The number of fused-ring (bicyclic) bond motifs is 3. The van der Waals surface area contributed by atoms with Gasteiger partial charge >= 0.3 is 5.97 Å². The quantitative estimate of drug-likeness (QED) is 0.387. The number of carbonyl (C=O) groups excluding carboxylic acids is 1. The highest BCUT2D eigenvalue weighted by Crippen LogP contribution is 2.55. The molecule has 1 aliphatic carbocycles. The first-order valence-corrected chi connectivity index (χ1v) is 10.2. The standard InChI is InChI=1S/C22H23N3O7/c1-27-16-4-10(5-17(28-2)21(16)29-3)18-11-6-14-15(32-9-31-14)7-12(11)20(24-25-23)13-8-30-22(26)19(13)18/h4-7,13,18-20,25H,8-9H2,1-3H3,(H-,23,24). The molecule has 2 aromatic rings. The van der Waals surface area contributed by atoms with E-state index in [4.69, 9.17) is 28.4 Å². The van der Waals surface area contributed by atoms with E-state index in [-0.39, 0.29) is 37.2 Å². The molecule has 10 heteroatoms. The summed E-state index contributed by atoms with van der Waals surface area (Å²) in [6.45, 7) is 0.343. The number of hydrogen-bond donors (Lipinski definition) is 2. The zero-order valence-corrected chi connectivity index (χ0v) is 17.8. The zero-order valence-electron chi connectivity index (χ0n) is 17.8. The highest BCUT2D eigenvalue weighted by atomic mass is 16.7. The number of nitrogens with one attached hydrogen (secondary N) is 2. The largest absolute Gasteiger partial charge is 0.493 e. The Morgan fingerprint density at radius 1 is 0.969 bits per heavy atom. The Hall–Kier alpha value is -3.69. The molecule has 0 spiro atoms. The summed E-state index contributed by atoms with van der Waals surface area (Å²) < 4.78 is 33.2. The second-order valence-corrected chi connectivity index (χ2v) is 7.82. The molecule has 0 bridgehead atoms. The third-order valence-corrected chi connectivity index (χ3v) is 6.45. The molecular weight excluding hydrogens is 418 g/mol. The lowest BCUT2D eigenvalue weighted by Crippen LogP contribution is -2.77. The number of esters is 1. The van der Waals surface area contributed by atoms with Gasteiger partial charge < -0.3 is 28.4 Å². The molecular formula is C22H23N3O7. The van der Waals surface area contributed by atoms with Gasteiger partial charge in [-0.15, -0.1) is 0 Å². The van der Waals surface area contributed by atoms with Crippen molar-refractivity contribution in [2.75, 3.05) is 34.7 Å². The minimum absolute atomic E-state index is 0.123. The van der Waals surface area contributed by atoms with Crippen LogP contribution >= 0.6 is 0 Å². The minimum Gasteiger partial charge on any atom is -0.493 e. The van der Waals surface area contributed by atoms with Crippen LogP contribution < -0.4 is 34.3 Å². The summed E-state index contributed by atoms with van der Waals surface area (Å²) in [5, 5.41) is 2.03. The van der Waals surface area contributed by atoms with Crippen molar-refractivity contribution in [2.45, 2.75) is 12.0 Å². The molecule has 3 aliphatic rings. The highest BCUT2D eigenvalue weighted by Gasteiger charge is 2.52. The SMILES string of the molecule is COc1cc(C2c3cc4c(cc3C(N[NH+]=[N-])C3COC(=O)C23)OCO4)cc(OC)c1OC. The second kappa shape index (κ2) is 7.77. The molecule has 10 nitrogen and oxygen atoms in total. The van der Waals surface area contributed by atoms with Crippen molar-refractivity contribution in [2.24, 2.45) is 11.8 Å². The van der Waals surface area contributed by atoms with Crippen molar-refractivity contribution < 1.29 is 38.4 Å². The van der Waals surface area contributed by atoms with Crippen LogP contribution in [0, 0.1) is 11.8 Å². The average Bonchev–Trinajstić information content (AvgIpc) is 3.43. The Balaban J connectivity index is 1.75. The molecule has 32 heavy (non-hydrogen) atoms. The maximum absolute atomic E-state index is 12.9. The van der Waals surface area contributed by atoms with Gasteiger partial charge in [-0.3, -0.25) is 10.2 Å². The number of cyclic esters (lactones) is 1. The minimum atomic E-state index is -0.503. The van der Waals surface area contributed by atoms with Crippen molar-refractivity contribution in [1.82, 2.24) is 5.43 Å². The summed E-state index contributed by atoms with van der Waals surface area (Å²) in [5.41, 5.74) is 14.8. The summed E-state index contributed by atoms with van der Waals surface area (Å²) in [5.74, 6) is 1.24. The number of benzene rings is 2. The third-order valence-electron chi connectivity index (χ3n) is 6.45. The lowest BCUT2D eigenvalue weighted by atomic mass is 9.65. The average molecular weight is 441 g/mol. The van der Waals surface area contributed by atoms with Crippen LogP contribution in [0.1, 0.15) is 28.7 Å². The van der Waals surface area contributed by atoms with E-state index in [2.05, 4.69) is 5.43 Å². The van der Waals surface area contributed by atoms with Crippen molar-refractivity contribution in [1.29, 1.82) is 0 Å². The topological polar surface area (TPSA) is 121 Å². The molecule has 4 unspecified atom stereocenters. The fourth-order valence-electron chi connectivity index (χ4n) is 5.10. The number of nitrogens with zero attached hydrogens (tertiary/aromatic N) is 1. The highest BCUT2D eigenvalue weighted by molar-refractivity contribution is 5.79. The Bertz CT molecular complexity index is 1060. The number of rotatable bonds is 6. The Kier molecular flexibility index (Phi) is 4.91.